The number of nitrogens with one attached hydrogen (secondary N) is 1. The topological polar surface area (TPSA) is 52.0 Å². The van der Waals surface area contributed by atoms with Crippen LogP contribution < -0.4 is 10.1 Å². The highest BCUT2D eigenvalue weighted by Crippen LogP contribution is 2.22. The predicted molar refractivity (Wildman–Crippen MR) is 78.9 cm³/mol. The van der Waals surface area contributed by atoms with Crippen LogP contribution in [0, 0.1) is 0 Å². The summed E-state index contributed by atoms with van der Waals surface area (Å²) in [6.07, 6.45) is 7.45. The Hall–Kier alpha value is -1.88. The first kappa shape index (κ1) is 14.5. The second-order valence-corrected chi connectivity index (χ2v) is 4.71. The van der Waals surface area contributed by atoms with Gasteiger partial charge in [-0.3, -0.25) is 9.67 Å². The van der Waals surface area contributed by atoms with Gasteiger partial charge in [-0.1, -0.05) is 13.8 Å². The van der Waals surface area contributed by atoms with Crippen LogP contribution in [0.15, 0.2) is 30.7 Å². The van der Waals surface area contributed by atoms with E-state index in [1.165, 1.54) is 0 Å². The maximum Gasteiger partial charge on any atom is 0.165 e. The molecule has 5 nitrogen and oxygen atoms in total. The number of aryl methyl sites for hydroxylation is 1. The Morgan fingerprint density at radius 2 is 2.10 bits per heavy atom. The molecule has 0 aromatic carbocycles. The van der Waals surface area contributed by atoms with Gasteiger partial charge in [0.1, 0.15) is 5.75 Å². The van der Waals surface area contributed by atoms with Crippen LogP contribution in [0.5, 0.6) is 11.5 Å². The van der Waals surface area contributed by atoms with Crippen molar-refractivity contribution in [2.24, 2.45) is 0 Å². The highest BCUT2D eigenvalue weighted by molar-refractivity contribution is 5.27. The average Bonchev–Trinajstić information content (AvgIpc) is 2.90. The van der Waals surface area contributed by atoms with Gasteiger partial charge in [0.25, 0.3) is 0 Å². The zero-order chi connectivity index (χ0) is 14.4. The predicted octanol–water partition coefficient (Wildman–Crippen LogP) is 3.15. The van der Waals surface area contributed by atoms with Crippen LogP contribution in [0.1, 0.15) is 38.4 Å². The average molecular weight is 274 g/mol. The van der Waals surface area contributed by atoms with Gasteiger partial charge in [-0.25, -0.2) is 0 Å². The minimum absolute atomic E-state index is 0.288. The van der Waals surface area contributed by atoms with Crippen LogP contribution in [0.25, 0.3) is 0 Å². The highest BCUT2D eigenvalue weighted by atomic mass is 16.5. The fraction of sp³-hybridized carbons (Fsp3) is 0.467. The smallest absolute Gasteiger partial charge is 0.165 e. The molecule has 0 radical (unpaired) electrons. The summed E-state index contributed by atoms with van der Waals surface area (Å²) < 4.78 is 7.62. The third-order valence-electron chi connectivity index (χ3n) is 3.17. The molecule has 0 aliphatic heterocycles. The van der Waals surface area contributed by atoms with E-state index in [0.29, 0.717) is 0 Å². The molecule has 0 spiro atoms. The van der Waals surface area contributed by atoms with E-state index in [-0.39, 0.29) is 6.04 Å². The van der Waals surface area contributed by atoms with Crippen molar-refractivity contribution in [3.8, 4) is 11.5 Å². The van der Waals surface area contributed by atoms with Crippen molar-refractivity contribution in [1.82, 2.24) is 20.1 Å². The Balaban J connectivity index is 2.02. The van der Waals surface area contributed by atoms with Crippen LogP contribution in [0.2, 0.25) is 0 Å². The van der Waals surface area contributed by atoms with Gasteiger partial charge < -0.3 is 10.1 Å². The molecule has 2 aromatic rings. The quantitative estimate of drug-likeness (QED) is 0.842. The molecule has 5 heteroatoms. The van der Waals surface area contributed by atoms with Crippen LogP contribution in [-0.2, 0) is 6.54 Å². The van der Waals surface area contributed by atoms with Crippen LogP contribution in [0.3, 0.4) is 0 Å². The van der Waals surface area contributed by atoms with Crippen LogP contribution in [0.4, 0.5) is 0 Å². The molecular weight excluding hydrogens is 252 g/mol. The number of aromatic nitrogens is 3. The maximum atomic E-state index is 5.74. The van der Waals surface area contributed by atoms with Crippen molar-refractivity contribution in [2.45, 2.75) is 39.3 Å². The molecule has 0 saturated carbocycles. The normalized spacial score (nSPS) is 12.3. The fourth-order valence-electron chi connectivity index (χ4n) is 2.10. The Bertz CT molecular complexity index is 517. The standard InChI is InChI=1S/C15H22N4O/c1-4-8-19-11-13(10-18-19)20-12-6-7-15(17-9-12)14(5-2)16-3/h6-7,9-11,14,16H,4-5,8H2,1-3H3. The fourth-order valence-corrected chi connectivity index (χ4v) is 2.10. The van der Waals surface area contributed by atoms with E-state index in [4.69, 9.17) is 4.74 Å². The molecule has 0 saturated heterocycles. The third-order valence-corrected chi connectivity index (χ3v) is 3.17. The summed E-state index contributed by atoms with van der Waals surface area (Å²) in [5.74, 6) is 1.48. The van der Waals surface area contributed by atoms with E-state index >= 15 is 0 Å². The number of hydrogen-bond acceptors (Lipinski definition) is 4. The summed E-state index contributed by atoms with van der Waals surface area (Å²) in [6, 6.07) is 4.23. The van der Waals surface area contributed by atoms with Crippen molar-refractivity contribution in [1.29, 1.82) is 0 Å². The molecule has 0 aliphatic rings. The number of ether oxygens (including phenoxy) is 1. The third kappa shape index (κ3) is 3.57. The summed E-state index contributed by atoms with van der Waals surface area (Å²) in [5, 5.41) is 7.47. The summed E-state index contributed by atoms with van der Waals surface area (Å²) in [7, 11) is 1.95. The molecule has 20 heavy (non-hydrogen) atoms. The van der Waals surface area contributed by atoms with E-state index in [0.717, 1.165) is 36.6 Å². The minimum atomic E-state index is 0.288. The van der Waals surface area contributed by atoms with E-state index in [1.807, 2.05) is 30.1 Å². The molecule has 0 bridgehead atoms. The molecule has 108 valence electrons. The number of rotatable bonds is 7. The van der Waals surface area contributed by atoms with Crippen LogP contribution in [-0.4, -0.2) is 21.8 Å². The van der Waals surface area contributed by atoms with Gasteiger partial charge in [-0.05, 0) is 32.0 Å². The lowest BCUT2D eigenvalue weighted by Gasteiger charge is -2.13. The van der Waals surface area contributed by atoms with Gasteiger partial charge in [0.2, 0.25) is 0 Å². The molecule has 1 atom stereocenters. The summed E-state index contributed by atoms with van der Waals surface area (Å²) in [4.78, 5) is 4.45. The zero-order valence-corrected chi connectivity index (χ0v) is 12.3. The zero-order valence-electron chi connectivity index (χ0n) is 12.3. The molecule has 2 heterocycles. The summed E-state index contributed by atoms with van der Waals surface area (Å²) in [6.45, 7) is 5.16. The van der Waals surface area contributed by atoms with Crippen molar-refractivity contribution < 1.29 is 4.74 Å². The first-order valence-corrected chi connectivity index (χ1v) is 7.10. The van der Waals surface area contributed by atoms with Gasteiger partial charge in [0, 0.05) is 12.6 Å². The first-order valence-electron chi connectivity index (χ1n) is 7.10. The molecule has 0 fully saturated rings. The van der Waals surface area contributed by atoms with Crippen LogP contribution >= 0.6 is 0 Å². The molecule has 1 unspecified atom stereocenters. The lowest BCUT2D eigenvalue weighted by atomic mass is 10.1. The summed E-state index contributed by atoms with van der Waals surface area (Å²) in [5.41, 5.74) is 1.03. The number of hydrogen-bond donors (Lipinski definition) is 1. The van der Waals surface area contributed by atoms with E-state index in [9.17, 15) is 0 Å². The second kappa shape index (κ2) is 7.05. The van der Waals surface area contributed by atoms with Crippen molar-refractivity contribution >= 4 is 0 Å². The Morgan fingerprint density at radius 3 is 2.70 bits per heavy atom. The molecule has 0 amide bonds. The summed E-state index contributed by atoms with van der Waals surface area (Å²) >= 11 is 0. The minimum Gasteiger partial charge on any atom is -0.452 e. The van der Waals surface area contributed by atoms with Gasteiger partial charge in [-0.15, -0.1) is 0 Å². The Kier molecular flexibility index (Phi) is 5.12. The second-order valence-electron chi connectivity index (χ2n) is 4.71. The van der Waals surface area contributed by atoms with Gasteiger partial charge in [0.05, 0.1) is 24.3 Å². The lowest BCUT2D eigenvalue weighted by Crippen LogP contribution is -2.16. The van der Waals surface area contributed by atoms with Gasteiger partial charge in [0.15, 0.2) is 5.75 Å². The molecule has 0 aliphatic carbocycles. The van der Waals surface area contributed by atoms with Crippen molar-refractivity contribution in [3.63, 3.8) is 0 Å². The molecule has 1 N–H and O–H groups in total. The monoisotopic (exact) mass is 274 g/mol. The van der Waals surface area contributed by atoms with E-state index in [1.54, 1.807) is 12.4 Å². The van der Waals surface area contributed by atoms with Gasteiger partial charge in [-0.2, -0.15) is 5.10 Å². The van der Waals surface area contributed by atoms with Crippen molar-refractivity contribution in [2.75, 3.05) is 7.05 Å². The largest absolute Gasteiger partial charge is 0.452 e. The SMILES string of the molecule is CCCn1cc(Oc2ccc(C(CC)NC)nc2)cn1. The molecular formula is C15H22N4O. The van der Waals surface area contributed by atoms with E-state index < -0.39 is 0 Å². The van der Waals surface area contributed by atoms with E-state index in [2.05, 4.69) is 29.2 Å². The number of nitrogens with zero attached hydrogens (tertiary/aromatic N) is 3. The molecule has 2 aromatic heterocycles. The highest BCUT2D eigenvalue weighted by Gasteiger charge is 2.08. The van der Waals surface area contributed by atoms with Gasteiger partial charge >= 0.3 is 0 Å². The Labute approximate surface area is 120 Å². The van der Waals surface area contributed by atoms with Crippen molar-refractivity contribution in [3.05, 3.63) is 36.4 Å². The Morgan fingerprint density at radius 1 is 1.25 bits per heavy atom. The molecule has 2 rings (SSSR count). The maximum absolute atomic E-state index is 5.74. The number of pyridine rings is 1. The first-order chi connectivity index (χ1) is 9.76. The lowest BCUT2D eigenvalue weighted by molar-refractivity contribution is 0.475.